The van der Waals surface area contributed by atoms with Crippen LogP contribution in [0.3, 0.4) is 0 Å². The zero-order chi connectivity index (χ0) is 24.2. The third-order valence-corrected chi connectivity index (χ3v) is 6.06. The maximum Gasteiger partial charge on any atom is 0.246 e. The van der Waals surface area contributed by atoms with Gasteiger partial charge in [-0.05, 0) is 54.1 Å². The second-order valence-corrected chi connectivity index (χ2v) is 8.10. The zero-order valence-corrected chi connectivity index (χ0v) is 19.6. The zero-order valence-electron chi connectivity index (χ0n) is 19.6. The molecule has 2 aromatic carbocycles. The van der Waals surface area contributed by atoms with E-state index in [9.17, 15) is 4.79 Å². The number of ether oxygens (including phenoxy) is 4. The van der Waals surface area contributed by atoms with E-state index in [1.165, 1.54) is 0 Å². The minimum atomic E-state index is -0.0244. The van der Waals surface area contributed by atoms with Gasteiger partial charge in [-0.1, -0.05) is 6.07 Å². The van der Waals surface area contributed by atoms with Crippen molar-refractivity contribution in [2.24, 2.45) is 0 Å². The molecule has 9 heteroatoms. The Hall–Kier alpha value is -4.27. The molecule has 3 heterocycles. The van der Waals surface area contributed by atoms with Gasteiger partial charge in [0.05, 0.1) is 19.9 Å². The van der Waals surface area contributed by atoms with E-state index in [-0.39, 0.29) is 12.7 Å². The van der Waals surface area contributed by atoms with E-state index < -0.39 is 0 Å². The van der Waals surface area contributed by atoms with Crippen LogP contribution in [-0.2, 0) is 4.79 Å². The van der Waals surface area contributed by atoms with Crippen molar-refractivity contribution in [1.29, 1.82) is 0 Å². The Labute approximate surface area is 203 Å². The molecule has 0 unspecified atom stereocenters. The lowest BCUT2D eigenvalue weighted by molar-refractivity contribution is -0.126. The predicted octanol–water partition coefficient (Wildman–Crippen LogP) is 3.25. The van der Waals surface area contributed by atoms with E-state index in [1.54, 1.807) is 26.4 Å². The van der Waals surface area contributed by atoms with Crippen LogP contribution >= 0.6 is 0 Å². The minimum absolute atomic E-state index is 0.0244. The van der Waals surface area contributed by atoms with Crippen molar-refractivity contribution in [2.75, 3.05) is 52.1 Å². The van der Waals surface area contributed by atoms with Crippen molar-refractivity contribution in [3.8, 4) is 34.3 Å². The summed E-state index contributed by atoms with van der Waals surface area (Å²) in [5.41, 5.74) is 2.55. The van der Waals surface area contributed by atoms with E-state index in [4.69, 9.17) is 18.9 Å². The molecule has 0 bridgehead atoms. The highest BCUT2D eigenvalue weighted by Crippen LogP contribution is 2.35. The molecule has 5 rings (SSSR count). The number of hydrogen-bond donors (Lipinski definition) is 0. The summed E-state index contributed by atoms with van der Waals surface area (Å²) in [5.74, 6) is 3.50. The third kappa shape index (κ3) is 4.84. The van der Waals surface area contributed by atoms with Crippen molar-refractivity contribution >= 4 is 17.8 Å². The molecule has 1 saturated heterocycles. The molecule has 9 nitrogen and oxygen atoms in total. The Morgan fingerprint density at radius 3 is 2.43 bits per heavy atom. The molecule has 0 radical (unpaired) electrons. The summed E-state index contributed by atoms with van der Waals surface area (Å²) >= 11 is 0. The number of benzene rings is 2. The van der Waals surface area contributed by atoms with E-state index in [0.29, 0.717) is 43.4 Å². The van der Waals surface area contributed by atoms with Crippen LogP contribution in [0.25, 0.3) is 17.3 Å². The SMILES string of the molecule is COc1ccc(/C=C/C(=O)N2CCN(c3ccc(-c4ccc5c(c4)OCO5)nn3)CC2)cc1OC. The quantitative estimate of drug-likeness (QED) is 0.504. The summed E-state index contributed by atoms with van der Waals surface area (Å²) in [6.07, 6.45) is 3.38. The van der Waals surface area contributed by atoms with Gasteiger partial charge in [0.1, 0.15) is 0 Å². The molecule has 0 aliphatic carbocycles. The van der Waals surface area contributed by atoms with Gasteiger partial charge in [-0.25, -0.2) is 0 Å². The fourth-order valence-electron chi connectivity index (χ4n) is 4.09. The summed E-state index contributed by atoms with van der Waals surface area (Å²) in [4.78, 5) is 16.7. The van der Waals surface area contributed by atoms with Crippen LogP contribution in [0.5, 0.6) is 23.0 Å². The molecule has 0 atom stereocenters. The predicted molar refractivity (Wildman–Crippen MR) is 131 cm³/mol. The molecule has 0 saturated carbocycles. The number of hydrogen-bond acceptors (Lipinski definition) is 8. The van der Waals surface area contributed by atoms with Gasteiger partial charge < -0.3 is 28.7 Å². The summed E-state index contributed by atoms with van der Waals surface area (Å²) in [6.45, 7) is 2.84. The number of nitrogens with zero attached hydrogens (tertiary/aromatic N) is 4. The standard InChI is InChI=1S/C26H26N4O5/c1-32-21-7-3-18(15-23(21)33-2)4-10-26(31)30-13-11-29(12-14-30)25-9-6-20(27-28-25)19-5-8-22-24(16-19)35-17-34-22/h3-10,15-16H,11-14,17H2,1-2H3/b10-4+. The average Bonchev–Trinajstić information content (AvgIpc) is 3.40. The fraction of sp³-hybridized carbons (Fsp3) is 0.269. The summed E-state index contributed by atoms with van der Waals surface area (Å²) in [5, 5.41) is 8.81. The van der Waals surface area contributed by atoms with Gasteiger partial charge >= 0.3 is 0 Å². The topological polar surface area (TPSA) is 86.3 Å². The number of amides is 1. The number of aromatic nitrogens is 2. The molecule has 1 fully saturated rings. The monoisotopic (exact) mass is 474 g/mol. The first-order valence-corrected chi connectivity index (χ1v) is 11.3. The normalized spacial score (nSPS) is 14.9. The maximum absolute atomic E-state index is 12.7. The average molecular weight is 475 g/mol. The highest BCUT2D eigenvalue weighted by molar-refractivity contribution is 5.92. The molecule has 2 aliphatic rings. The first-order chi connectivity index (χ1) is 17.1. The van der Waals surface area contributed by atoms with Gasteiger partial charge in [-0.15, -0.1) is 10.2 Å². The molecular formula is C26H26N4O5. The molecule has 0 spiro atoms. The largest absolute Gasteiger partial charge is 0.493 e. The molecule has 1 aromatic heterocycles. The number of anilines is 1. The summed E-state index contributed by atoms with van der Waals surface area (Å²) in [7, 11) is 3.18. The second-order valence-electron chi connectivity index (χ2n) is 8.10. The maximum atomic E-state index is 12.7. The smallest absolute Gasteiger partial charge is 0.246 e. The van der Waals surface area contributed by atoms with Crippen molar-refractivity contribution in [1.82, 2.24) is 15.1 Å². The molecule has 180 valence electrons. The highest BCUT2D eigenvalue weighted by Gasteiger charge is 2.21. The fourth-order valence-corrected chi connectivity index (χ4v) is 4.09. The van der Waals surface area contributed by atoms with Gasteiger partial charge in [-0.3, -0.25) is 4.79 Å². The minimum Gasteiger partial charge on any atom is -0.493 e. The number of carbonyl (C=O) groups is 1. The molecule has 1 amide bonds. The number of methoxy groups -OCH3 is 2. The van der Waals surface area contributed by atoms with Crippen LogP contribution < -0.4 is 23.8 Å². The van der Waals surface area contributed by atoms with Crippen LogP contribution in [0.1, 0.15) is 5.56 Å². The Morgan fingerprint density at radius 1 is 0.886 bits per heavy atom. The van der Waals surface area contributed by atoms with E-state index >= 15 is 0 Å². The third-order valence-electron chi connectivity index (χ3n) is 6.06. The van der Waals surface area contributed by atoms with Crippen LogP contribution in [0.15, 0.2) is 54.6 Å². The van der Waals surface area contributed by atoms with Gasteiger partial charge in [0, 0.05) is 37.8 Å². The van der Waals surface area contributed by atoms with Gasteiger partial charge in [0.2, 0.25) is 12.7 Å². The lowest BCUT2D eigenvalue weighted by atomic mass is 10.1. The first-order valence-electron chi connectivity index (χ1n) is 11.3. The van der Waals surface area contributed by atoms with Crippen molar-refractivity contribution in [3.63, 3.8) is 0 Å². The molecular weight excluding hydrogens is 448 g/mol. The van der Waals surface area contributed by atoms with E-state index in [0.717, 1.165) is 28.4 Å². The van der Waals surface area contributed by atoms with Crippen molar-refractivity contribution < 1.29 is 23.7 Å². The van der Waals surface area contributed by atoms with Gasteiger partial charge in [0.25, 0.3) is 0 Å². The van der Waals surface area contributed by atoms with Crippen molar-refractivity contribution in [3.05, 3.63) is 60.2 Å². The van der Waals surface area contributed by atoms with Crippen LogP contribution in [0, 0.1) is 0 Å². The van der Waals surface area contributed by atoms with E-state index in [1.807, 2.05) is 53.4 Å². The lowest BCUT2D eigenvalue weighted by Crippen LogP contribution is -2.48. The Morgan fingerprint density at radius 2 is 1.69 bits per heavy atom. The molecule has 0 N–H and O–H groups in total. The Balaban J connectivity index is 1.17. The van der Waals surface area contributed by atoms with Crippen LogP contribution in [0.2, 0.25) is 0 Å². The van der Waals surface area contributed by atoms with Crippen molar-refractivity contribution in [2.45, 2.75) is 0 Å². The number of rotatable bonds is 6. The van der Waals surface area contributed by atoms with Crippen LogP contribution in [0.4, 0.5) is 5.82 Å². The number of fused-ring (bicyclic) bond motifs is 1. The van der Waals surface area contributed by atoms with Gasteiger partial charge in [0.15, 0.2) is 28.8 Å². The van der Waals surface area contributed by atoms with E-state index in [2.05, 4.69) is 15.1 Å². The second kappa shape index (κ2) is 9.92. The number of piperazine rings is 1. The molecule has 35 heavy (non-hydrogen) atoms. The highest BCUT2D eigenvalue weighted by atomic mass is 16.7. The van der Waals surface area contributed by atoms with Gasteiger partial charge in [-0.2, -0.15) is 0 Å². The Bertz CT molecular complexity index is 1240. The molecule has 2 aliphatic heterocycles. The van der Waals surface area contributed by atoms with Crippen LogP contribution in [-0.4, -0.2) is 68.2 Å². The first kappa shape index (κ1) is 22.5. The Kier molecular flexibility index (Phi) is 6.38. The molecule has 3 aromatic rings. The summed E-state index contributed by atoms with van der Waals surface area (Å²) < 4.78 is 21.4. The number of carbonyl (C=O) groups excluding carboxylic acids is 1. The summed E-state index contributed by atoms with van der Waals surface area (Å²) in [6, 6.07) is 15.2. The lowest BCUT2D eigenvalue weighted by Gasteiger charge is -2.34.